The predicted octanol–water partition coefficient (Wildman–Crippen LogP) is 0.448. The monoisotopic (exact) mass is 227 g/mol. The van der Waals surface area contributed by atoms with Crippen molar-refractivity contribution in [1.29, 1.82) is 0 Å². The average molecular weight is 227 g/mol. The van der Waals surface area contributed by atoms with Gasteiger partial charge in [-0.25, -0.2) is 8.42 Å². The quantitative estimate of drug-likeness (QED) is 0.795. The van der Waals surface area contributed by atoms with E-state index in [9.17, 15) is 8.42 Å². The van der Waals surface area contributed by atoms with Crippen molar-refractivity contribution < 1.29 is 8.42 Å². The van der Waals surface area contributed by atoms with E-state index in [-0.39, 0.29) is 10.6 Å². The first-order chi connectivity index (χ1) is 7.12. The van der Waals surface area contributed by atoms with Gasteiger partial charge < -0.3 is 5.73 Å². The molecule has 1 aliphatic heterocycles. The van der Waals surface area contributed by atoms with Crippen LogP contribution >= 0.6 is 0 Å². The molecule has 1 aromatic rings. The van der Waals surface area contributed by atoms with Gasteiger partial charge in [0.1, 0.15) is 4.90 Å². The summed E-state index contributed by atoms with van der Waals surface area (Å²) in [6.45, 7) is 1.16. The molecule has 0 amide bonds. The smallest absolute Gasteiger partial charge is 0.246 e. The van der Waals surface area contributed by atoms with E-state index in [4.69, 9.17) is 5.73 Å². The fraction of sp³-hybridized carbons (Fsp3) is 0.444. The van der Waals surface area contributed by atoms with Crippen LogP contribution in [0.4, 0.5) is 5.69 Å². The fourth-order valence-electron chi connectivity index (χ4n) is 1.67. The maximum absolute atomic E-state index is 12.1. The van der Waals surface area contributed by atoms with Crippen molar-refractivity contribution in [1.82, 2.24) is 9.29 Å². The minimum absolute atomic E-state index is 0.118. The Morgan fingerprint density at radius 2 is 2.00 bits per heavy atom. The maximum Gasteiger partial charge on any atom is 0.246 e. The van der Waals surface area contributed by atoms with E-state index >= 15 is 0 Å². The predicted molar refractivity (Wildman–Crippen MR) is 56.6 cm³/mol. The van der Waals surface area contributed by atoms with E-state index in [1.165, 1.54) is 22.8 Å². The van der Waals surface area contributed by atoms with Crippen molar-refractivity contribution in [3.05, 3.63) is 18.5 Å². The molecule has 2 heterocycles. The molecule has 1 fully saturated rings. The van der Waals surface area contributed by atoms with E-state index in [0.717, 1.165) is 12.8 Å². The molecule has 0 spiro atoms. The zero-order valence-electron chi connectivity index (χ0n) is 8.26. The molecule has 0 aromatic carbocycles. The van der Waals surface area contributed by atoms with Crippen LogP contribution in [-0.2, 0) is 10.0 Å². The summed E-state index contributed by atoms with van der Waals surface area (Å²) in [6, 6.07) is 1.50. The zero-order valence-corrected chi connectivity index (χ0v) is 9.07. The third-order valence-corrected chi connectivity index (χ3v) is 4.44. The average Bonchev–Trinajstić information content (AvgIpc) is 2.71. The molecule has 0 unspecified atom stereocenters. The van der Waals surface area contributed by atoms with Crippen molar-refractivity contribution in [2.45, 2.75) is 17.7 Å². The van der Waals surface area contributed by atoms with Crippen LogP contribution in [0.1, 0.15) is 12.8 Å². The van der Waals surface area contributed by atoms with E-state index in [2.05, 4.69) is 4.98 Å². The molecule has 2 rings (SSSR count). The van der Waals surface area contributed by atoms with Gasteiger partial charge in [-0.15, -0.1) is 0 Å². The normalized spacial score (nSPS) is 18.1. The summed E-state index contributed by atoms with van der Waals surface area (Å²) in [5, 5.41) is 0. The van der Waals surface area contributed by atoms with Crippen LogP contribution < -0.4 is 5.73 Å². The summed E-state index contributed by atoms with van der Waals surface area (Å²) in [5.74, 6) is 0. The van der Waals surface area contributed by atoms with E-state index in [0.29, 0.717) is 13.1 Å². The number of anilines is 1. The number of nitrogen functional groups attached to an aromatic ring is 1. The minimum atomic E-state index is -3.42. The molecule has 5 nitrogen and oxygen atoms in total. The lowest BCUT2D eigenvalue weighted by molar-refractivity contribution is 0.477. The first kappa shape index (κ1) is 10.4. The van der Waals surface area contributed by atoms with Gasteiger partial charge in [0, 0.05) is 25.5 Å². The van der Waals surface area contributed by atoms with Crippen molar-refractivity contribution in [2.24, 2.45) is 0 Å². The van der Waals surface area contributed by atoms with Crippen molar-refractivity contribution in [3.8, 4) is 0 Å². The number of nitrogens with zero attached hydrogens (tertiary/aromatic N) is 2. The molecular formula is C9H13N3O2S. The number of sulfonamides is 1. The number of rotatable bonds is 2. The summed E-state index contributed by atoms with van der Waals surface area (Å²) in [4.78, 5) is 3.91. The Morgan fingerprint density at radius 3 is 2.60 bits per heavy atom. The Balaban J connectivity index is 2.41. The van der Waals surface area contributed by atoms with Gasteiger partial charge in [0.25, 0.3) is 0 Å². The highest BCUT2D eigenvalue weighted by atomic mass is 32.2. The van der Waals surface area contributed by atoms with Crippen molar-refractivity contribution in [3.63, 3.8) is 0 Å². The largest absolute Gasteiger partial charge is 0.398 e. The minimum Gasteiger partial charge on any atom is -0.398 e. The highest BCUT2D eigenvalue weighted by Gasteiger charge is 2.28. The number of hydrogen-bond acceptors (Lipinski definition) is 4. The fourth-order valence-corrected chi connectivity index (χ4v) is 3.25. The molecule has 6 heteroatoms. The molecule has 2 N–H and O–H groups in total. The molecule has 1 saturated heterocycles. The Morgan fingerprint density at radius 1 is 1.33 bits per heavy atom. The zero-order chi connectivity index (χ0) is 10.9. The lowest BCUT2D eigenvalue weighted by Gasteiger charge is -2.16. The van der Waals surface area contributed by atoms with Crippen LogP contribution in [-0.4, -0.2) is 30.8 Å². The molecular weight excluding hydrogens is 214 g/mol. The second-order valence-corrected chi connectivity index (χ2v) is 5.43. The van der Waals surface area contributed by atoms with E-state index in [1.807, 2.05) is 0 Å². The molecule has 1 aromatic heterocycles. The number of pyridine rings is 1. The topological polar surface area (TPSA) is 76.3 Å². The lowest BCUT2D eigenvalue weighted by atomic mass is 10.4. The summed E-state index contributed by atoms with van der Waals surface area (Å²) in [7, 11) is -3.42. The SMILES string of the molecule is Nc1ccncc1S(=O)(=O)N1CCCC1. The summed E-state index contributed by atoms with van der Waals surface area (Å²) < 4.78 is 25.6. The maximum atomic E-state index is 12.1. The van der Waals surface area contributed by atoms with Crippen LogP contribution in [0.15, 0.2) is 23.4 Å². The van der Waals surface area contributed by atoms with Gasteiger partial charge in [0.05, 0.1) is 5.69 Å². The third-order valence-electron chi connectivity index (χ3n) is 2.50. The Hall–Kier alpha value is -1.14. The Bertz CT molecular complexity index is 452. The van der Waals surface area contributed by atoms with E-state index in [1.54, 1.807) is 0 Å². The number of aromatic nitrogens is 1. The molecule has 1 aliphatic rings. The Kier molecular flexibility index (Phi) is 2.62. The van der Waals surface area contributed by atoms with Crippen LogP contribution in [0, 0.1) is 0 Å². The Labute approximate surface area is 89.0 Å². The molecule has 0 atom stereocenters. The van der Waals surface area contributed by atoms with Crippen molar-refractivity contribution >= 4 is 15.7 Å². The first-order valence-corrected chi connectivity index (χ1v) is 6.26. The first-order valence-electron chi connectivity index (χ1n) is 4.82. The summed E-state index contributed by atoms with van der Waals surface area (Å²) in [6.07, 6.45) is 4.63. The standard InChI is InChI=1S/C9H13N3O2S/c10-8-3-4-11-7-9(8)15(13,14)12-5-1-2-6-12/h3-4,7H,1-2,5-6H2,(H2,10,11). The molecule has 15 heavy (non-hydrogen) atoms. The van der Waals surface area contributed by atoms with Gasteiger partial charge in [0.2, 0.25) is 10.0 Å². The molecule has 0 radical (unpaired) electrons. The lowest BCUT2D eigenvalue weighted by Crippen LogP contribution is -2.28. The second-order valence-electron chi connectivity index (χ2n) is 3.52. The van der Waals surface area contributed by atoms with Gasteiger partial charge in [-0.3, -0.25) is 4.98 Å². The molecule has 82 valence electrons. The summed E-state index contributed by atoms with van der Waals surface area (Å²) in [5.41, 5.74) is 5.89. The second kappa shape index (κ2) is 3.79. The molecule has 0 bridgehead atoms. The number of hydrogen-bond donors (Lipinski definition) is 1. The van der Waals surface area contributed by atoms with Gasteiger partial charge >= 0.3 is 0 Å². The highest BCUT2D eigenvalue weighted by Crippen LogP contribution is 2.23. The number of nitrogens with two attached hydrogens (primary N) is 1. The van der Waals surface area contributed by atoms with Gasteiger partial charge in [-0.2, -0.15) is 4.31 Å². The van der Waals surface area contributed by atoms with Gasteiger partial charge in [-0.1, -0.05) is 0 Å². The van der Waals surface area contributed by atoms with Crippen LogP contribution in [0.3, 0.4) is 0 Å². The summed E-state index contributed by atoms with van der Waals surface area (Å²) >= 11 is 0. The van der Waals surface area contributed by atoms with Gasteiger partial charge in [-0.05, 0) is 18.9 Å². The van der Waals surface area contributed by atoms with E-state index < -0.39 is 10.0 Å². The van der Waals surface area contributed by atoms with Crippen LogP contribution in [0.25, 0.3) is 0 Å². The van der Waals surface area contributed by atoms with Gasteiger partial charge in [0.15, 0.2) is 0 Å². The van der Waals surface area contributed by atoms with Crippen LogP contribution in [0.2, 0.25) is 0 Å². The van der Waals surface area contributed by atoms with Crippen LogP contribution in [0.5, 0.6) is 0 Å². The third kappa shape index (κ3) is 1.82. The molecule has 0 saturated carbocycles. The molecule has 0 aliphatic carbocycles. The van der Waals surface area contributed by atoms with Crippen molar-refractivity contribution in [2.75, 3.05) is 18.8 Å². The highest BCUT2D eigenvalue weighted by molar-refractivity contribution is 7.89.